The summed E-state index contributed by atoms with van der Waals surface area (Å²) < 4.78 is 28.6. The van der Waals surface area contributed by atoms with Gasteiger partial charge in [-0.2, -0.15) is 0 Å². The molecule has 174 valence electrons. The molecule has 1 amide bonds. The van der Waals surface area contributed by atoms with E-state index < -0.39 is 36.3 Å². The van der Waals surface area contributed by atoms with Crippen LogP contribution in [0.15, 0.2) is 83.7 Å². The van der Waals surface area contributed by atoms with Crippen LogP contribution in [0.25, 0.3) is 5.57 Å². The zero-order chi connectivity index (χ0) is 24.1. The molecule has 3 N–H and O–H groups in total. The fourth-order valence-electron chi connectivity index (χ4n) is 3.80. The predicted octanol–water partition coefficient (Wildman–Crippen LogP) is 3.10. The lowest BCUT2D eigenvalue weighted by Gasteiger charge is -2.23. The van der Waals surface area contributed by atoms with Crippen LogP contribution in [0.5, 0.6) is 0 Å². The highest BCUT2D eigenvalue weighted by molar-refractivity contribution is 6.21. The number of aliphatic hydroxyl groups excluding tert-OH is 2. The van der Waals surface area contributed by atoms with Crippen LogP contribution >= 0.6 is 0 Å². The molecule has 0 aliphatic carbocycles. The van der Waals surface area contributed by atoms with Gasteiger partial charge in [0.25, 0.3) is 5.91 Å². The first-order valence-corrected chi connectivity index (χ1v) is 10.8. The Hall–Kier alpha value is -3.75. The average molecular weight is 463 g/mol. The van der Waals surface area contributed by atoms with Crippen LogP contribution in [0, 0.1) is 5.82 Å². The summed E-state index contributed by atoms with van der Waals surface area (Å²) in [5.74, 6) is -1.54. The molecule has 0 bridgehead atoms. The molecule has 1 aliphatic heterocycles. The van der Waals surface area contributed by atoms with Crippen molar-refractivity contribution in [2.24, 2.45) is 4.99 Å². The number of hydrogen-bond donors (Lipinski definition) is 3. The van der Waals surface area contributed by atoms with Gasteiger partial charge in [-0.1, -0.05) is 36.4 Å². The highest BCUT2D eigenvalue weighted by atomic mass is 19.1. The van der Waals surface area contributed by atoms with Gasteiger partial charge in [0, 0.05) is 35.0 Å². The number of benzene rings is 2. The fraction of sp³-hybridized carbons (Fsp3) is 0.192. The first-order chi connectivity index (χ1) is 16.5. The average Bonchev–Trinajstić information content (AvgIpc) is 3.25. The zero-order valence-corrected chi connectivity index (χ0v) is 18.2. The summed E-state index contributed by atoms with van der Waals surface area (Å²) in [6.07, 6.45) is 0.574. The molecule has 0 unspecified atom stereocenters. The van der Waals surface area contributed by atoms with E-state index in [4.69, 9.17) is 0 Å². The van der Waals surface area contributed by atoms with E-state index in [2.05, 4.69) is 15.3 Å². The van der Waals surface area contributed by atoms with E-state index in [0.29, 0.717) is 22.4 Å². The largest absolute Gasteiger partial charge is 0.394 e. The molecule has 1 aromatic heterocycles. The number of nitrogens with one attached hydrogen (secondary N) is 1. The van der Waals surface area contributed by atoms with Crippen molar-refractivity contribution in [3.8, 4) is 0 Å². The summed E-state index contributed by atoms with van der Waals surface area (Å²) in [5, 5.41) is 22.5. The molecule has 0 spiro atoms. The lowest BCUT2D eigenvalue weighted by molar-refractivity contribution is 0.0565. The van der Waals surface area contributed by atoms with Gasteiger partial charge in [0.2, 0.25) is 0 Å². The van der Waals surface area contributed by atoms with Crippen LogP contribution in [0.2, 0.25) is 0 Å². The normalized spacial score (nSPS) is 15.1. The minimum Gasteiger partial charge on any atom is -0.394 e. The summed E-state index contributed by atoms with van der Waals surface area (Å²) in [6, 6.07) is 16.4. The number of hydrogen-bond acceptors (Lipinski definition) is 5. The third-order valence-electron chi connectivity index (χ3n) is 5.61. The van der Waals surface area contributed by atoms with Crippen molar-refractivity contribution in [1.29, 1.82) is 0 Å². The molecule has 34 heavy (non-hydrogen) atoms. The molecule has 1 aliphatic rings. The number of aliphatic hydroxyl groups is 2. The topological polar surface area (TPSA) is 94.8 Å². The zero-order valence-electron chi connectivity index (χ0n) is 18.2. The Morgan fingerprint density at radius 3 is 2.47 bits per heavy atom. The number of aromatic nitrogens is 1. The molecule has 2 heterocycles. The number of pyridine rings is 1. The van der Waals surface area contributed by atoms with Gasteiger partial charge in [-0.3, -0.25) is 14.8 Å². The van der Waals surface area contributed by atoms with E-state index in [1.807, 2.05) is 0 Å². The van der Waals surface area contributed by atoms with Gasteiger partial charge in [0.15, 0.2) is 5.83 Å². The molecule has 8 heteroatoms. The van der Waals surface area contributed by atoms with Gasteiger partial charge in [-0.05, 0) is 35.9 Å². The molecule has 2 aromatic carbocycles. The number of allylic oxidation sites excluding steroid dienone is 1. The highest BCUT2D eigenvalue weighted by Gasteiger charge is 2.28. The predicted molar refractivity (Wildman–Crippen MR) is 125 cm³/mol. The third-order valence-corrected chi connectivity index (χ3v) is 5.61. The van der Waals surface area contributed by atoms with Crippen LogP contribution in [0.4, 0.5) is 8.78 Å². The van der Waals surface area contributed by atoms with Crippen LogP contribution < -0.4 is 5.32 Å². The Balaban J connectivity index is 1.60. The molecule has 6 nitrogen and oxygen atoms in total. The van der Waals surface area contributed by atoms with Gasteiger partial charge >= 0.3 is 0 Å². The third kappa shape index (κ3) is 5.08. The smallest absolute Gasteiger partial charge is 0.252 e. The molecule has 3 aromatic rings. The second-order valence-corrected chi connectivity index (χ2v) is 7.86. The first kappa shape index (κ1) is 23.4. The van der Waals surface area contributed by atoms with Crippen LogP contribution in [0.3, 0.4) is 0 Å². The van der Waals surface area contributed by atoms with Crippen molar-refractivity contribution in [2.75, 3.05) is 13.2 Å². The Bertz CT molecular complexity index is 1230. The Morgan fingerprint density at radius 2 is 1.76 bits per heavy atom. The van der Waals surface area contributed by atoms with E-state index >= 15 is 4.39 Å². The van der Waals surface area contributed by atoms with Crippen LogP contribution in [0.1, 0.15) is 27.2 Å². The summed E-state index contributed by atoms with van der Waals surface area (Å²) in [6.45, 7) is -0.487. The van der Waals surface area contributed by atoms with E-state index in [1.165, 1.54) is 24.3 Å². The van der Waals surface area contributed by atoms with E-state index in [9.17, 15) is 19.4 Å². The summed E-state index contributed by atoms with van der Waals surface area (Å²) in [5.41, 5.74) is 1.97. The van der Waals surface area contributed by atoms with Crippen molar-refractivity contribution in [2.45, 2.75) is 18.6 Å². The standard InChI is InChI=1S/C26H23F2N3O3/c27-17-10-8-16(9-11-17)21-14-30-25(24(21)28)19-6-1-2-7-20(19)26(34)31-22(23(33)15-32)13-18-5-3-4-12-29-18/h1-12,22-23,32-33H,13-15H2,(H,31,34)/t22-,23-/m1/s1. The van der Waals surface area contributed by atoms with Gasteiger partial charge in [-0.15, -0.1) is 0 Å². The molecular weight excluding hydrogens is 440 g/mol. The molecule has 0 radical (unpaired) electrons. The minimum atomic E-state index is -1.22. The molecular formula is C26H23F2N3O3. The molecule has 4 rings (SSSR count). The SMILES string of the molecule is O=C(N[C@H](Cc1ccccn1)[C@H](O)CO)c1ccccc1C1=NCC(c2ccc(F)cc2)=C1F. The van der Waals surface area contributed by atoms with Gasteiger partial charge < -0.3 is 15.5 Å². The Labute approximate surface area is 195 Å². The number of carbonyl (C=O) groups is 1. The fourth-order valence-corrected chi connectivity index (χ4v) is 3.80. The summed E-state index contributed by atoms with van der Waals surface area (Å²) >= 11 is 0. The number of aliphatic imine (C=N–C) groups is 1. The van der Waals surface area contributed by atoms with Crippen molar-refractivity contribution in [3.63, 3.8) is 0 Å². The molecule has 2 atom stereocenters. The quantitative estimate of drug-likeness (QED) is 0.479. The van der Waals surface area contributed by atoms with Crippen LogP contribution in [-0.4, -0.2) is 52.1 Å². The Kier molecular flexibility index (Phi) is 7.20. The highest BCUT2D eigenvalue weighted by Crippen LogP contribution is 2.30. The van der Waals surface area contributed by atoms with Gasteiger partial charge in [0.05, 0.1) is 25.3 Å². The van der Waals surface area contributed by atoms with E-state index in [1.54, 1.807) is 48.7 Å². The van der Waals surface area contributed by atoms with Gasteiger partial charge in [0.1, 0.15) is 11.5 Å². The second-order valence-electron chi connectivity index (χ2n) is 7.86. The first-order valence-electron chi connectivity index (χ1n) is 10.8. The maximum absolute atomic E-state index is 15.3. The van der Waals surface area contributed by atoms with Crippen molar-refractivity contribution in [3.05, 3.63) is 107 Å². The molecule has 0 saturated heterocycles. The number of rotatable bonds is 8. The summed E-state index contributed by atoms with van der Waals surface area (Å²) in [7, 11) is 0. The lowest BCUT2D eigenvalue weighted by Crippen LogP contribution is -2.46. The van der Waals surface area contributed by atoms with Gasteiger partial charge in [-0.25, -0.2) is 8.78 Å². The number of halogens is 2. The van der Waals surface area contributed by atoms with Crippen molar-refractivity contribution in [1.82, 2.24) is 10.3 Å². The van der Waals surface area contributed by atoms with E-state index in [-0.39, 0.29) is 24.2 Å². The number of nitrogens with zero attached hydrogens (tertiary/aromatic N) is 2. The molecule has 0 fully saturated rings. The number of amides is 1. The second kappa shape index (κ2) is 10.5. The minimum absolute atomic E-state index is 0.0362. The van der Waals surface area contributed by atoms with E-state index in [0.717, 1.165) is 0 Å². The lowest BCUT2D eigenvalue weighted by atomic mass is 9.98. The summed E-state index contributed by atoms with van der Waals surface area (Å²) in [4.78, 5) is 21.7. The maximum Gasteiger partial charge on any atom is 0.252 e. The van der Waals surface area contributed by atoms with Crippen LogP contribution in [-0.2, 0) is 6.42 Å². The van der Waals surface area contributed by atoms with Crippen molar-refractivity contribution < 1.29 is 23.8 Å². The number of carbonyl (C=O) groups excluding carboxylic acids is 1. The Morgan fingerprint density at radius 1 is 1.03 bits per heavy atom. The monoisotopic (exact) mass is 463 g/mol. The maximum atomic E-state index is 15.3. The van der Waals surface area contributed by atoms with Crippen molar-refractivity contribution >= 4 is 17.2 Å². The molecule has 0 saturated carbocycles.